The van der Waals surface area contributed by atoms with Gasteiger partial charge in [-0.1, -0.05) is 43.7 Å². The number of carbonyl (C=O) groups excluding carboxylic acids is 3. The van der Waals surface area contributed by atoms with Gasteiger partial charge >= 0.3 is 5.97 Å². The van der Waals surface area contributed by atoms with E-state index in [9.17, 15) is 14.4 Å². The summed E-state index contributed by atoms with van der Waals surface area (Å²) in [6.07, 6.45) is 1.70. The van der Waals surface area contributed by atoms with Gasteiger partial charge in [0.05, 0.1) is 11.6 Å². The largest absolute Gasteiger partial charge is 0.452 e. The molecule has 0 aliphatic heterocycles. The molecule has 2 rings (SSSR count). The number of thiophene rings is 1. The molecule has 0 saturated heterocycles. The number of aryl methyl sites for hydroxylation is 1. The second-order valence-corrected chi connectivity index (χ2v) is 7.79. The maximum atomic E-state index is 12.5. The van der Waals surface area contributed by atoms with Crippen molar-refractivity contribution in [2.45, 2.75) is 46.6 Å². The molecule has 1 aromatic carbocycles. The standard InChI is InChI=1S/C21H26N2O4S/c1-5-9-17(16-10-7-6-8-11-16)23-18(25)12-27-21(26)19-13(2)14(3)28-20(19)22-15(4)24/h6-8,10-11,17H,5,9,12H2,1-4H3,(H,22,24)(H,23,25)/t17-/m0/s1. The zero-order chi connectivity index (χ0) is 20.7. The summed E-state index contributed by atoms with van der Waals surface area (Å²) >= 11 is 1.31. The van der Waals surface area contributed by atoms with E-state index in [0.717, 1.165) is 28.8 Å². The van der Waals surface area contributed by atoms with E-state index >= 15 is 0 Å². The molecule has 6 nitrogen and oxygen atoms in total. The van der Waals surface area contributed by atoms with Gasteiger partial charge in [-0.3, -0.25) is 9.59 Å². The molecule has 0 unspecified atom stereocenters. The lowest BCUT2D eigenvalue weighted by atomic mass is 10.0. The number of amides is 2. The van der Waals surface area contributed by atoms with Gasteiger partial charge in [-0.05, 0) is 31.4 Å². The molecule has 150 valence electrons. The lowest BCUT2D eigenvalue weighted by Crippen LogP contribution is -2.32. The molecule has 7 heteroatoms. The van der Waals surface area contributed by atoms with Crippen molar-refractivity contribution in [3.63, 3.8) is 0 Å². The summed E-state index contributed by atoms with van der Waals surface area (Å²) in [7, 11) is 0. The average Bonchev–Trinajstić information content (AvgIpc) is 2.93. The Morgan fingerprint density at radius 3 is 2.43 bits per heavy atom. The first-order valence-electron chi connectivity index (χ1n) is 9.22. The van der Waals surface area contributed by atoms with E-state index in [2.05, 4.69) is 10.6 Å². The summed E-state index contributed by atoms with van der Waals surface area (Å²) in [5, 5.41) is 6.02. The first kappa shape index (κ1) is 21.6. The minimum absolute atomic E-state index is 0.127. The lowest BCUT2D eigenvalue weighted by molar-refractivity contribution is -0.125. The maximum absolute atomic E-state index is 12.5. The number of benzene rings is 1. The lowest BCUT2D eigenvalue weighted by Gasteiger charge is -2.18. The van der Waals surface area contributed by atoms with Crippen molar-refractivity contribution in [3.8, 4) is 0 Å². The van der Waals surface area contributed by atoms with Gasteiger partial charge in [-0.2, -0.15) is 0 Å². The molecule has 2 amide bonds. The average molecular weight is 403 g/mol. The summed E-state index contributed by atoms with van der Waals surface area (Å²) in [5.74, 6) is -1.24. The smallest absolute Gasteiger partial charge is 0.341 e. The normalized spacial score (nSPS) is 11.6. The fourth-order valence-corrected chi connectivity index (χ4v) is 3.95. The van der Waals surface area contributed by atoms with Gasteiger partial charge in [-0.25, -0.2) is 4.79 Å². The molecule has 28 heavy (non-hydrogen) atoms. The third-order valence-corrected chi connectivity index (χ3v) is 5.45. The zero-order valence-corrected chi connectivity index (χ0v) is 17.4. The van der Waals surface area contributed by atoms with Crippen LogP contribution in [0.15, 0.2) is 30.3 Å². The van der Waals surface area contributed by atoms with Crippen LogP contribution >= 0.6 is 11.3 Å². The number of ether oxygens (including phenoxy) is 1. The van der Waals surface area contributed by atoms with Gasteiger partial charge in [0.1, 0.15) is 5.00 Å². The maximum Gasteiger partial charge on any atom is 0.341 e. The van der Waals surface area contributed by atoms with Crippen LogP contribution in [0.2, 0.25) is 0 Å². The Bertz CT molecular complexity index is 846. The van der Waals surface area contributed by atoms with Crippen molar-refractivity contribution in [1.29, 1.82) is 0 Å². The third-order valence-electron chi connectivity index (χ3n) is 4.33. The number of carbonyl (C=O) groups is 3. The molecule has 2 aromatic rings. The van der Waals surface area contributed by atoms with Crippen molar-refractivity contribution in [2.75, 3.05) is 11.9 Å². The fraction of sp³-hybridized carbons (Fsp3) is 0.381. The number of anilines is 1. The van der Waals surface area contributed by atoms with E-state index in [1.54, 1.807) is 6.92 Å². The number of hydrogen-bond acceptors (Lipinski definition) is 5. The molecule has 0 aliphatic carbocycles. The van der Waals surface area contributed by atoms with Crippen LogP contribution in [-0.4, -0.2) is 24.4 Å². The SMILES string of the molecule is CCC[C@H](NC(=O)COC(=O)c1c(NC(C)=O)sc(C)c1C)c1ccccc1. The number of rotatable bonds is 8. The molecule has 2 N–H and O–H groups in total. The number of hydrogen-bond donors (Lipinski definition) is 2. The van der Waals surface area contributed by atoms with Crippen molar-refractivity contribution >= 4 is 34.1 Å². The highest BCUT2D eigenvalue weighted by Crippen LogP contribution is 2.33. The van der Waals surface area contributed by atoms with E-state index < -0.39 is 5.97 Å². The Hall–Kier alpha value is -2.67. The van der Waals surface area contributed by atoms with Crippen LogP contribution in [0.3, 0.4) is 0 Å². The number of nitrogens with one attached hydrogen (secondary N) is 2. The third kappa shape index (κ3) is 5.66. The van der Waals surface area contributed by atoms with E-state index in [1.807, 2.05) is 44.2 Å². The minimum Gasteiger partial charge on any atom is -0.452 e. The molecule has 1 atom stereocenters. The zero-order valence-electron chi connectivity index (χ0n) is 16.6. The van der Waals surface area contributed by atoms with Gasteiger partial charge in [0.2, 0.25) is 5.91 Å². The quantitative estimate of drug-likeness (QED) is 0.650. The molecule has 0 saturated carbocycles. The highest BCUT2D eigenvalue weighted by atomic mass is 32.1. The first-order chi connectivity index (χ1) is 13.3. The molecule has 0 bridgehead atoms. The highest BCUT2D eigenvalue weighted by molar-refractivity contribution is 7.16. The van der Waals surface area contributed by atoms with Crippen LogP contribution < -0.4 is 10.6 Å². The molecular weight excluding hydrogens is 376 g/mol. The number of esters is 1. The molecule has 0 radical (unpaired) electrons. The molecule has 0 aliphatic rings. The Labute approximate surface area is 169 Å². The van der Waals surface area contributed by atoms with E-state index in [4.69, 9.17) is 4.74 Å². The van der Waals surface area contributed by atoms with Crippen molar-refractivity contribution < 1.29 is 19.1 Å². The van der Waals surface area contributed by atoms with Crippen molar-refractivity contribution in [2.24, 2.45) is 0 Å². The van der Waals surface area contributed by atoms with Gasteiger partial charge < -0.3 is 15.4 Å². The Balaban J connectivity index is 2.02. The van der Waals surface area contributed by atoms with E-state index in [0.29, 0.717) is 10.6 Å². The summed E-state index contributed by atoms with van der Waals surface area (Å²) in [5.41, 5.74) is 2.06. The van der Waals surface area contributed by atoms with Crippen molar-refractivity contribution in [3.05, 3.63) is 51.9 Å². The van der Waals surface area contributed by atoms with Crippen molar-refractivity contribution in [1.82, 2.24) is 5.32 Å². The summed E-state index contributed by atoms with van der Waals surface area (Å²) < 4.78 is 5.23. The van der Waals surface area contributed by atoms with Gasteiger partial charge in [0.25, 0.3) is 5.91 Å². The molecule has 0 spiro atoms. The Morgan fingerprint density at radius 1 is 1.14 bits per heavy atom. The second-order valence-electron chi connectivity index (χ2n) is 6.56. The predicted octanol–water partition coefficient (Wildman–Crippen LogP) is 4.14. The van der Waals surface area contributed by atoms with E-state index in [-0.39, 0.29) is 24.5 Å². The van der Waals surface area contributed by atoms with Crippen LogP contribution in [0.25, 0.3) is 0 Å². The summed E-state index contributed by atoms with van der Waals surface area (Å²) in [6.45, 7) is 6.71. The molecule has 1 aromatic heterocycles. The van der Waals surface area contributed by atoms with Crippen LogP contribution in [-0.2, 0) is 14.3 Å². The topological polar surface area (TPSA) is 84.5 Å². The van der Waals surface area contributed by atoms with Gasteiger partial charge in [-0.15, -0.1) is 11.3 Å². The highest BCUT2D eigenvalue weighted by Gasteiger charge is 2.23. The van der Waals surface area contributed by atoms with E-state index in [1.165, 1.54) is 18.3 Å². The Kier molecular flexibility index (Phi) is 7.75. The Morgan fingerprint density at radius 2 is 1.82 bits per heavy atom. The molecular formula is C21H26N2O4S. The minimum atomic E-state index is -0.618. The summed E-state index contributed by atoms with van der Waals surface area (Å²) in [6, 6.07) is 9.57. The van der Waals surface area contributed by atoms with Gasteiger partial charge in [0.15, 0.2) is 6.61 Å². The monoisotopic (exact) mass is 402 g/mol. The first-order valence-corrected chi connectivity index (χ1v) is 10.0. The van der Waals surface area contributed by atoms with Crippen LogP contribution in [0.4, 0.5) is 5.00 Å². The predicted molar refractivity (Wildman–Crippen MR) is 111 cm³/mol. The molecule has 1 heterocycles. The molecule has 0 fully saturated rings. The van der Waals surface area contributed by atoms with Crippen LogP contribution in [0.5, 0.6) is 0 Å². The summed E-state index contributed by atoms with van der Waals surface area (Å²) in [4.78, 5) is 37.1. The van der Waals surface area contributed by atoms with Crippen LogP contribution in [0.1, 0.15) is 59.1 Å². The fourth-order valence-electron chi connectivity index (χ4n) is 2.86. The van der Waals surface area contributed by atoms with Crippen LogP contribution in [0, 0.1) is 13.8 Å². The van der Waals surface area contributed by atoms with Gasteiger partial charge in [0, 0.05) is 11.8 Å². The second kappa shape index (κ2) is 10.0.